The van der Waals surface area contributed by atoms with Crippen molar-refractivity contribution in [3.05, 3.63) is 30.1 Å². The molecule has 1 aliphatic heterocycles. The molecule has 1 fully saturated rings. The van der Waals surface area contributed by atoms with Crippen LogP contribution in [0, 0.1) is 0 Å². The van der Waals surface area contributed by atoms with Crippen molar-refractivity contribution in [2.45, 2.75) is 18.9 Å². The van der Waals surface area contributed by atoms with Crippen molar-refractivity contribution in [2.24, 2.45) is 0 Å². The highest BCUT2D eigenvalue weighted by atomic mass is 16.5. The van der Waals surface area contributed by atoms with E-state index in [-0.39, 0.29) is 11.8 Å². The first-order valence-corrected chi connectivity index (χ1v) is 5.56. The van der Waals surface area contributed by atoms with Crippen molar-refractivity contribution in [3.8, 4) is 0 Å². The summed E-state index contributed by atoms with van der Waals surface area (Å²) in [5.74, 6) is 0.232. The van der Waals surface area contributed by atoms with Gasteiger partial charge in [0.05, 0.1) is 13.2 Å². The lowest BCUT2D eigenvalue weighted by atomic mass is 10.0. The summed E-state index contributed by atoms with van der Waals surface area (Å²) < 4.78 is 5.31. The molecule has 1 saturated heterocycles. The molecule has 2 heterocycles. The zero-order chi connectivity index (χ0) is 11.2. The lowest BCUT2D eigenvalue weighted by molar-refractivity contribution is -0.119. The van der Waals surface area contributed by atoms with Crippen molar-refractivity contribution in [1.29, 1.82) is 0 Å². The number of hydrogen-bond donors (Lipinski definition) is 1. The molecule has 0 aromatic carbocycles. The monoisotopic (exact) mass is 220 g/mol. The average Bonchev–Trinajstić information content (AvgIpc) is 2.31. The molecule has 0 saturated carbocycles. The van der Waals surface area contributed by atoms with Gasteiger partial charge in [0.15, 0.2) is 0 Å². The number of ketones is 1. The zero-order valence-corrected chi connectivity index (χ0v) is 9.19. The van der Waals surface area contributed by atoms with Gasteiger partial charge in [0.1, 0.15) is 5.78 Å². The standard InChI is InChI=1S/C12H16N2O2/c15-12(6-10-2-1-3-13-8-10)7-11-9-16-5-4-14-11/h1-3,8,11,14H,4-7,9H2. The molecule has 0 aliphatic carbocycles. The van der Waals surface area contributed by atoms with Gasteiger partial charge in [-0.25, -0.2) is 0 Å². The van der Waals surface area contributed by atoms with Crippen LogP contribution in [-0.4, -0.2) is 36.6 Å². The molecule has 4 heteroatoms. The molecule has 1 unspecified atom stereocenters. The van der Waals surface area contributed by atoms with E-state index in [1.807, 2.05) is 12.1 Å². The van der Waals surface area contributed by atoms with Gasteiger partial charge < -0.3 is 10.1 Å². The second-order valence-corrected chi connectivity index (χ2v) is 4.01. The first kappa shape index (κ1) is 11.2. The molecule has 0 bridgehead atoms. The summed E-state index contributed by atoms with van der Waals surface area (Å²) in [6.45, 7) is 2.22. The van der Waals surface area contributed by atoms with Crippen molar-refractivity contribution < 1.29 is 9.53 Å². The first-order chi connectivity index (χ1) is 7.84. The van der Waals surface area contributed by atoms with Crippen LogP contribution >= 0.6 is 0 Å². The highest BCUT2D eigenvalue weighted by Gasteiger charge is 2.16. The van der Waals surface area contributed by atoms with E-state index >= 15 is 0 Å². The Kier molecular flexibility index (Phi) is 4.02. The van der Waals surface area contributed by atoms with Gasteiger partial charge in [-0.3, -0.25) is 9.78 Å². The second-order valence-electron chi connectivity index (χ2n) is 4.01. The number of nitrogens with one attached hydrogen (secondary N) is 1. The van der Waals surface area contributed by atoms with Crippen LogP contribution in [0.25, 0.3) is 0 Å². The van der Waals surface area contributed by atoms with Crippen LogP contribution in [0.5, 0.6) is 0 Å². The predicted molar refractivity (Wildman–Crippen MR) is 60.2 cm³/mol. The Morgan fingerprint density at radius 3 is 3.25 bits per heavy atom. The number of aromatic nitrogens is 1. The lowest BCUT2D eigenvalue weighted by Gasteiger charge is -2.23. The number of pyridine rings is 1. The Morgan fingerprint density at radius 1 is 1.62 bits per heavy atom. The van der Waals surface area contributed by atoms with Crippen LogP contribution in [0.3, 0.4) is 0 Å². The maximum atomic E-state index is 11.8. The Hall–Kier alpha value is -1.26. The summed E-state index contributed by atoms with van der Waals surface area (Å²) in [5, 5.41) is 3.27. The largest absolute Gasteiger partial charge is 0.379 e. The number of Topliss-reactive ketones (excluding diaryl/α,β-unsaturated/α-hetero) is 1. The fraction of sp³-hybridized carbons (Fsp3) is 0.500. The molecule has 86 valence electrons. The normalized spacial score (nSPS) is 20.6. The summed E-state index contributed by atoms with van der Waals surface area (Å²) in [6.07, 6.45) is 4.45. The van der Waals surface area contributed by atoms with Crippen LogP contribution in [0.4, 0.5) is 0 Å². The van der Waals surface area contributed by atoms with Crippen molar-refractivity contribution >= 4 is 5.78 Å². The van der Waals surface area contributed by atoms with Gasteiger partial charge in [0.2, 0.25) is 0 Å². The molecule has 1 N–H and O–H groups in total. The van der Waals surface area contributed by atoms with E-state index in [1.165, 1.54) is 0 Å². The quantitative estimate of drug-likeness (QED) is 0.806. The van der Waals surface area contributed by atoms with Gasteiger partial charge in [0.25, 0.3) is 0 Å². The molecular formula is C12H16N2O2. The minimum atomic E-state index is 0.179. The van der Waals surface area contributed by atoms with Crippen LogP contribution < -0.4 is 5.32 Å². The number of hydrogen-bond acceptors (Lipinski definition) is 4. The number of rotatable bonds is 4. The molecule has 16 heavy (non-hydrogen) atoms. The average molecular weight is 220 g/mol. The van der Waals surface area contributed by atoms with Gasteiger partial charge in [-0.05, 0) is 11.6 Å². The Balaban J connectivity index is 1.80. The summed E-state index contributed by atoms with van der Waals surface area (Å²) in [6, 6.07) is 3.96. The highest BCUT2D eigenvalue weighted by molar-refractivity contribution is 5.81. The van der Waals surface area contributed by atoms with E-state index < -0.39 is 0 Å². The molecule has 1 aromatic rings. The molecule has 0 spiro atoms. The van der Waals surface area contributed by atoms with Gasteiger partial charge in [0, 0.05) is 37.8 Å². The summed E-state index contributed by atoms with van der Waals surface area (Å²) in [4.78, 5) is 15.7. The molecule has 0 amide bonds. The minimum Gasteiger partial charge on any atom is -0.379 e. The molecule has 1 atom stereocenters. The van der Waals surface area contributed by atoms with E-state index in [2.05, 4.69) is 10.3 Å². The molecule has 1 aliphatic rings. The molecular weight excluding hydrogens is 204 g/mol. The highest BCUT2D eigenvalue weighted by Crippen LogP contribution is 2.04. The third-order valence-electron chi connectivity index (χ3n) is 2.60. The lowest BCUT2D eigenvalue weighted by Crippen LogP contribution is -2.42. The van der Waals surface area contributed by atoms with Gasteiger partial charge in [-0.2, -0.15) is 0 Å². The number of morpholine rings is 1. The summed E-state index contributed by atoms with van der Waals surface area (Å²) >= 11 is 0. The molecule has 2 rings (SSSR count). The SMILES string of the molecule is O=C(Cc1cccnc1)CC1COCCN1. The topological polar surface area (TPSA) is 51.2 Å². The van der Waals surface area contributed by atoms with Gasteiger partial charge in [-0.15, -0.1) is 0 Å². The van der Waals surface area contributed by atoms with E-state index in [1.54, 1.807) is 12.4 Å². The molecule has 4 nitrogen and oxygen atoms in total. The van der Waals surface area contributed by atoms with Gasteiger partial charge in [-0.1, -0.05) is 6.07 Å². The van der Waals surface area contributed by atoms with E-state index in [4.69, 9.17) is 4.74 Å². The maximum absolute atomic E-state index is 11.8. The summed E-state index contributed by atoms with van der Waals surface area (Å²) in [7, 11) is 0. The third-order valence-corrected chi connectivity index (χ3v) is 2.60. The van der Waals surface area contributed by atoms with Crippen LogP contribution in [-0.2, 0) is 16.0 Å². The molecule has 0 radical (unpaired) electrons. The van der Waals surface area contributed by atoms with Crippen molar-refractivity contribution in [2.75, 3.05) is 19.8 Å². The number of carbonyl (C=O) groups excluding carboxylic acids is 1. The smallest absolute Gasteiger partial charge is 0.138 e. The maximum Gasteiger partial charge on any atom is 0.138 e. The number of nitrogens with zero attached hydrogens (tertiary/aromatic N) is 1. The zero-order valence-electron chi connectivity index (χ0n) is 9.19. The fourth-order valence-electron chi connectivity index (χ4n) is 1.83. The minimum absolute atomic E-state index is 0.179. The first-order valence-electron chi connectivity index (χ1n) is 5.56. The predicted octanol–water partition coefficient (Wildman–Crippen LogP) is 0.572. The van der Waals surface area contributed by atoms with Crippen LogP contribution in [0.15, 0.2) is 24.5 Å². The van der Waals surface area contributed by atoms with Crippen molar-refractivity contribution in [3.63, 3.8) is 0 Å². The van der Waals surface area contributed by atoms with Crippen LogP contribution in [0.1, 0.15) is 12.0 Å². The van der Waals surface area contributed by atoms with E-state index in [0.717, 1.165) is 18.7 Å². The molecule has 1 aromatic heterocycles. The van der Waals surface area contributed by atoms with E-state index in [9.17, 15) is 4.79 Å². The Morgan fingerprint density at radius 2 is 2.56 bits per heavy atom. The Labute approximate surface area is 95.0 Å². The third kappa shape index (κ3) is 3.40. The van der Waals surface area contributed by atoms with Crippen LogP contribution in [0.2, 0.25) is 0 Å². The number of carbonyl (C=O) groups is 1. The summed E-state index contributed by atoms with van der Waals surface area (Å²) in [5.41, 5.74) is 0.976. The van der Waals surface area contributed by atoms with Crippen molar-refractivity contribution in [1.82, 2.24) is 10.3 Å². The van der Waals surface area contributed by atoms with Gasteiger partial charge >= 0.3 is 0 Å². The van der Waals surface area contributed by atoms with E-state index in [0.29, 0.717) is 19.4 Å². The fourth-order valence-corrected chi connectivity index (χ4v) is 1.83. The number of ether oxygens (including phenoxy) is 1. The second kappa shape index (κ2) is 5.72. The Bertz CT molecular complexity index is 334.